The van der Waals surface area contributed by atoms with Gasteiger partial charge in [-0.2, -0.15) is 5.10 Å². The van der Waals surface area contributed by atoms with Crippen LogP contribution in [0.2, 0.25) is 0 Å². The molecule has 2 amide bonds. The van der Waals surface area contributed by atoms with Gasteiger partial charge in [-0.1, -0.05) is 11.3 Å². The molecule has 3 rings (SSSR count). The fourth-order valence-electron chi connectivity index (χ4n) is 3.10. The van der Waals surface area contributed by atoms with Crippen molar-refractivity contribution in [2.75, 3.05) is 19.6 Å². The van der Waals surface area contributed by atoms with Crippen LogP contribution >= 0.6 is 11.3 Å². The van der Waals surface area contributed by atoms with Crippen molar-refractivity contribution in [3.05, 3.63) is 16.9 Å². The molecular formula is C16H24N6O2S. The lowest BCUT2D eigenvalue weighted by molar-refractivity contribution is -0.134. The normalized spacial score (nSPS) is 18.7. The van der Waals surface area contributed by atoms with Crippen molar-refractivity contribution in [2.24, 2.45) is 0 Å². The number of hydrogen-bond donors (Lipinski definition) is 2. The summed E-state index contributed by atoms with van der Waals surface area (Å²) in [6.45, 7) is 7.95. The minimum atomic E-state index is -0.390. The van der Waals surface area contributed by atoms with Crippen LogP contribution in [0.3, 0.4) is 0 Å². The fraction of sp³-hybridized carbons (Fsp3) is 0.625. The van der Waals surface area contributed by atoms with Crippen molar-refractivity contribution >= 4 is 28.1 Å². The Morgan fingerprint density at radius 1 is 1.52 bits per heavy atom. The lowest BCUT2D eigenvalue weighted by atomic mass is 10.1. The predicted molar refractivity (Wildman–Crippen MR) is 95.6 cm³/mol. The molecule has 1 unspecified atom stereocenters. The van der Waals surface area contributed by atoms with Crippen LogP contribution in [0.5, 0.6) is 0 Å². The Balaban J connectivity index is 1.49. The number of nitrogens with zero attached hydrogens (tertiary/aromatic N) is 4. The molecule has 9 heteroatoms. The third-order valence-electron chi connectivity index (χ3n) is 4.31. The molecule has 1 aliphatic rings. The van der Waals surface area contributed by atoms with Crippen LogP contribution in [0.25, 0.3) is 4.96 Å². The van der Waals surface area contributed by atoms with Crippen LogP contribution in [0.1, 0.15) is 31.0 Å². The third kappa shape index (κ3) is 4.16. The van der Waals surface area contributed by atoms with Crippen molar-refractivity contribution in [3.8, 4) is 0 Å². The first-order valence-electron chi connectivity index (χ1n) is 8.56. The first kappa shape index (κ1) is 17.8. The number of rotatable bonds is 6. The molecule has 2 aromatic rings. The zero-order chi connectivity index (χ0) is 18.0. The standard InChI is InChI=1S/C16H24N6O2S/c1-10(2)21-7-6-18-15(24)13(21)8-14(23)17-5-4-12-9-22-16(19-12)25-11(3)20-22/h9-10,13H,4-8H2,1-3H3,(H,17,23)(H,18,24). The summed E-state index contributed by atoms with van der Waals surface area (Å²) in [6.07, 6.45) is 2.72. The molecule has 0 bridgehead atoms. The molecule has 25 heavy (non-hydrogen) atoms. The van der Waals surface area contributed by atoms with Crippen LogP contribution in [-0.2, 0) is 16.0 Å². The van der Waals surface area contributed by atoms with E-state index in [4.69, 9.17) is 0 Å². The first-order valence-corrected chi connectivity index (χ1v) is 9.37. The number of aromatic nitrogens is 3. The van der Waals surface area contributed by atoms with Gasteiger partial charge in [-0.3, -0.25) is 14.5 Å². The van der Waals surface area contributed by atoms with E-state index in [1.807, 2.05) is 27.0 Å². The zero-order valence-electron chi connectivity index (χ0n) is 14.8. The van der Waals surface area contributed by atoms with Gasteiger partial charge in [-0.15, -0.1) is 0 Å². The van der Waals surface area contributed by atoms with E-state index < -0.39 is 0 Å². The maximum Gasteiger partial charge on any atom is 0.237 e. The van der Waals surface area contributed by atoms with Gasteiger partial charge in [0.2, 0.25) is 16.8 Å². The third-order valence-corrected chi connectivity index (χ3v) is 5.15. The van der Waals surface area contributed by atoms with Crippen LogP contribution < -0.4 is 10.6 Å². The Morgan fingerprint density at radius 2 is 2.32 bits per heavy atom. The second-order valence-corrected chi connectivity index (χ2v) is 7.68. The van der Waals surface area contributed by atoms with Crippen LogP contribution in [0, 0.1) is 6.92 Å². The highest BCUT2D eigenvalue weighted by molar-refractivity contribution is 7.16. The lowest BCUT2D eigenvalue weighted by Gasteiger charge is -2.37. The molecule has 0 aliphatic carbocycles. The number of carbonyl (C=O) groups excluding carboxylic acids is 2. The van der Waals surface area contributed by atoms with Gasteiger partial charge in [0.25, 0.3) is 0 Å². The van der Waals surface area contributed by atoms with Gasteiger partial charge in [-0.25, -0.2) is 9.50 Å². The molecule has 0 aromatic carbocycles. The van der Waals surface area contributed by atoms with Crippen molar-refractivity contribution < 1.29 is 9.59 Å². The van der Waals surface area contributed by atoms with E-state index in [2.05, 4.69) is 25.6 Å². The molecular weight excluding hydrogens is 340 g/mol. The van der Waals surface area contributed by atoms with E-state index in [0.29, 0.717) is 19.5 Å². The minimum Gasteiger partial charge on any atom is -0.356 e. The molecule has 0 saturated carbocycles. The maximum atomic E-state index is 12.2. The average molecular weight is 364 g/mol. The molecule has 0 spiro atoms. The summed E-state index contributed by atoms with van der Waals surface area (Å²) < 4.78 is 1.77. The van der Waals surface area contributed by atoms with E-state index in [-0.39, 0.29) is 30.3 Å². The average Bonchev–Trinajstić information content (AvgIpc) is 3.05. The molecule has 3 heterocycles. The van der Waals surface area contributed by atoms with Gasteiger partial charge >= 0.3 is 0 Å². The van der Waals surface area contributed by atoms with Crippen molar-refractivity contribution in [1.29, 1.82) is 0 Å². The van der Waals surface area contributed by atoms with Crippen molar-refractivity contribution in [3.63, 3.8) is 0 Å². The highest BCUT2D eigenvalue weighted by Gasteiger charge is 2.32. The topological polar surface area (TPSA) is 91.6 Å². The fourth-order valence-corrected chi connectivity index (χ4v) is 3.85. The highest BCUT2D eigenvalue weighted by Crippen LogP contribution is 2.14. The lowest BCUT2D eigenvalue weighted by Crippen LogP contribution is -2.58. The summed E-state index contributed by atoms with van der Waals surface area (Å²) in [5, 5.41) is 11.0. The summed E-state index contributed by atoms with van der Waals surface area (Å²) in [7, 11) is 0. The second-order valence-electron chi connectivity index (χ2n) is 6.52. The summed E-state index contributed by atoms with van der Waals surface area (Å²) in [5.74, 6) is -0.173. The SMILES string of the molecule is Cc1nn2cc(CCNC(=O)CC3C(=O)NCCN3C(C)C)nc2s1. The van der Waals surface area contributed by atoms with Gasteiger partial charge in [0.15, 0.2) is 0 Å². The van der Waals surface area contributed by atoms with Crippen molar-refractivity contribution in [2.45, 2.75) is 45.7 Å². The van der Waals surface area contributed by atoms with Crippen LogP contribution in [0.4, 0.5) is 0 Å². The molecule has 1 atom stereocenters. The molecule has 2 N–H and O–H groups in total. The largest absolute Gasteiger partial charge is 0.356 e. The summed E-state index contributed by atoms with van der Waals surface area (Å²) >= 11 is 1.54. The Labute approximate surface area is 150 Å². The predicted octanol–water partition coefficient (Wildman–Crippen LogP) is 0.357. The van der Waals surface area contributed by atoms with E-state index in [1.54, 1.807) is 15.9 Å². The van der Waals surface area contributed by atoms with Crippen LogP contribution in [-0.4, -0.2) is 63.0 Å². The minimum absolute atomic E-state index is 0.0640. The molecule has 136 valence electrons. The van der Waals surface area contributed by atoms with E-state index in [0.717, 1.165) is 22.2 Å². The second kappa shape index (κ2) is 7.49. The number of carbonyl (C=O) groups is 2. The molecule has 1 aliphatic heterocycles. The molecule has 2 aromatic heterocycles. The van der Waals surface area contributed by atoms with Gasteiger partial charge in [0, 0.05) is 32.1 Å². The number of hydrogen-bond acceptors (Lipinski definition) is 6. The number of piperazine rings is 1. The smallest absolute Gasteiger partial charge is 0.237 e. The number of amides is 2. The van der Waals surface area contributed by atoms with E-state index in [1.165, 1.54) is 0 Å². The Hall–Kier alpha value is -2.00. The van der Waals surface area contributed by atoms with Crippen LogP contribution in [0.15, 0.2) is 6.20 Å². The zero-order valence-corrected chi connectivity index (χ0v) is 15.6. The van der Waals surface area contributed by atoms with Crippen molar-refractivity contribution in [1.82, 2.24) is 30.1 Å². The molecule has 1 saturated heterocycles. The number of nitrogens with one attached hydrogen (secondary N) is 2. The van der Waals surface area contributed by atoms with Gasteiger partial charge in [0.1, 0.15) is 5.01 Å². The Kier molecular flexibility index (Phi) is 5.33. The Bertz CT molecular complexity index is 736. The summed E-state index contributed by atoms with van der Waals surface area (Å²) in [4.78, 5) is 31.7. The molecule has 8 nitrogen and oxygen atoms in total. The molecule has 0 radical (unpaired) electrons. The highest BCUT2D eigenvalue weighted by atomic mass is 32.1. The quantitative estimate of drug-likeness (QED) is 0.772. The Morgan fingerprint density at radius 3 is 3.04 bits per heavy atom. The van der Waals surface area contributed by atoms with E-state index in [9.17, 15) is 9.59 Å². The van der Waals surface area contributed by atoms with Gasteiger partial charge < -0.3 is 10.6 Å². The summed E-state index contributed by atoms with van der Waals surface area (Å²) in [5.41, 5.74) is 0.901. The molecule has 1 fully saturated rings. The van der Waals surface area contributed by atoms with Gasteiger partial charge in [0.05, 0.1) is 24.4 Å². The monoisotopic (exact) mass is 364 g/mol. The van der Waals surface area contributed by atoms with Gasteiger partial charge in [-0.05, 0) is 20.8 Å². The summed E-state index contributed by atoms with van der Waals surface area (Å²) in [6, 6.07) is -0.155. The number of aryl methyl sites for hydroxylation is 1. The number of imidazole rings is 1. The van der Waals surface area contributed by atoms with E-state index >= 15 is 0 Å². The number of fused-ring (bicyclic) bond motifs is 1. The first-order chi connectivity index (χ1) is 11.9. The maximum absolute atomic E-state index is 12.2.